The van der Waals surface area contributed by atoms with Gasteiger partial charge in [-0.25, -0.2) is 4.98 Å². The summed E-state index contributed by atoms with van der Waals surface area (Å²) >= 11 is 0. The Labute approximate surface area is 88.8 Å². The molecular weight excluding hydrogens is 194 g/mol. The van der Waals surface area contributed by atoms with Crippen molar-refractivity contribution in [2.75, 3.05) is 44.0 Å². The standard InChI is InChI=1S/C10H15N3O2/c1-14-9-6-10(12-7-8(9)11)13-2-4-15-5-3-13/h6-7H,2-5,11H2,1H3. The van der Waals surface area contributed by atoms with E-state index in [4.69, 9.17) is 15.2 Å². The van der Waals surface area contributed by atoms with Crippen LogP contribution in [0, 0.1) is 0 Å². The molecule has 2 rings (SSSR count). The molecule has 5 nitrogen and oxygen atoms in total. The van der Waals surface area contributed by atoms with Gasteiger partial charge >= 0.3 is 0 Å². The largest absolute Gasteiger partial charge is 0.494 e. The Morgan fingerprint density at radius 3 is 2.87 bits per heavy atom. The van der Waals surface area contributed by atoms with Crippen LogP contribution in [0.3, 0.4) is 0 Å². The summed E-state index contributed by atoms with van der Waals surface area (Å²) in [5.41, 5.74) is 6.26. The van der Waals surface area contributed by atoms with Gasteiger partial charge in [0.1, 0.15) is 11.6 Å². The highest BCUT2D eigenvalue weighted by molar-refractivity contribution is 5.57. The Kier molecular flexibility index (Phi) is 2.91. The quantitative estimate of drug-likeness (QED) is 0.769. The molecule has 15 heavy (non-hydrogen) atoms. The molecule has 0 spiro atoms. The second-order valence-corrected chi connectivity index (χ2v) is 3.38. The highest BCUT2D eigenvalue weighted by Crippen LogP contribution is 2.25. The number of nitrogens with zero attached hydrogens (tertiary/aromatic N) is 2. The lowest BCUT2D eigenvalue weighted by Crippen LogP contribution is -2.36. The van der Waals surface area contributed by atoms with Crippen molar-refractivity contribution in [2.45, 2.75) is 0 Å². The Morgan fingerprint density at radius 2 is 2.20 bits per heavy atom. The molecule has 0 bridgehead atoms. The van der Waals surface area contributed by atoms with E-state index in [1.807, 2.05) is 6.07 Å². The van der Waals surface area contributed by atoms with Gasteiger partial charge in [0, 0.05) is 19.2 Å². The maximum absolute atomic E-state index is 5.70. The molecule has 1 aliphatic rings. The van der Waals surface area contributed by atoms with E-state index >= 15 is 0 Å². The van der Waals surface area contributed by atoms with Crippen LogP contribution < -0.4 is 15.4 Å². The summed E-state index contributed by atoms with van der Waals surface area (Å²) in [6.07, 6.45) is 1.63. The normalized spacial score (nSPS) is 16.5. The van der Waals surface area contributed by atoms with Gasteiger partial charge in [0.15, 0.2) is 0 Å². The zero-order valence-electron chi connectivity index (χ0n) is 8.77. The lowest BCUT2D eigenvalue weighted by Gasteiger charge is -2.28. The van der Waals surface area contributed by atoms with Crippen molar-refractivity contribution in [1.29, 1.82) is 0 Å². The lowest BCUT2D eigenvalue weighted by atomic mass is 10.3. The molecule has 1 aromatic rings. The minimum absolute atomic E-state index is 0.564. The summed E-state index contributed by atoms with van der Waals surface area (Å²) in [7, 11) is 1.61. The Morgan fingerprint density at radius 1 is 1.47 bits per heavy atom. The fourth-order valence-corrected chi connectivity index (χ4v) is 1.58. The van der Waals surface area contributed by atoms with Gasteiger partial charge in [0.25, 0.3) is 0 Å². The maximum atomic E-state index is 5.70. The molecule has 1 aromatic heterocycles. The topological polar surface area (TPSA) is 60.6 Å². The fourth-order valence-electron chi connectivity index (χ4n) is 1.58. The van der Waals surface area contributed by atoms with Crippen LogP contribution in [0.2, 0.25) is 0 Å². The first-order valence-corrected chi connectivity index (χ1v) is 4.93. The lowest BCUT2D eigenvalue weighted by molar-refractivity contribution is 0.122. The van der Waals surface area contributed by atoms with Crippen LogP contribution >= 0.6 is 0 Å². The summed E-state index contributed by atoms with van der Waals surface area (Å²) in [6, 6.07) is 1.86. The molecular formula is C10H15N3O2. The molecule has 1 fully saturated rings. The number of anilines is 2. The minimum Gasteiger partial charge on any atom is -0.494 e. The molecule has 2 heterocycles. The Bertz CT molecular complexity index is 337. The predicted molar refractivity (Wildman–Crippen MR) is 58.2 cm³/mol. The Balaban J connectivity index is 2.20. The number of hydrogen-bond acceptors (Lipinski definition) is 5. The van der Waals surface area contributed by atoms with Crippen LogP contribution in [0.5, 0.6) is 5.75 Å². The third-order valence-electron chi connectivity index (χ3n) is 2.44. The number of methoxy groups -OCH3 is 1. The van der Waals surface area contributed by atoms with Gasteiger partial charge in [0.05, 0.1) is 32.2 Å². The van der Waals surface area contributed by atoms with E-state index in [-0.39, 0.29) is 0 Å². The average Bonchev–Trinajstić information content (AvgIpc) is 2.31. The average molecular weight is 209 g/mol. The molecule has 5 heteroatoms. The zero-order chi connectivity index (χ0) is 10.7. The van der Waals surface area contributed by atoms with Crippen molar-refractivity contribution in [3.8, 4) is 5.75 Å². The van der Waals surface area contributed by atoms with Crippen LogP contribution in [0.25, 0.3) is 0 Å². The summed E-state index contributed by atoms with van der Waals surface area (Å²) in [5.74, 6) is 1.57. The second-order valence-electron chi connectivity index (χ2n) is 3.38. The van der Waals surface area contributed by atoms with Crippen LogP contribution in [-0.4, -0.2) is 38.4 Å². The molecule has 1 aliphatic heterocycles. The van der Waals surface area contributed by atoms with Crippen molar-refractivity contribution < 1.29 is 9.47 Å². The van der Waals surface area contributed by atoms with Crippen molar-refractivity contribution in [1.82, 2.24) is 4.98 Å². The first-order valence-electron chi connectivity index (χ1n) is 4.93. The van der Waals surface area contributed by atoms with Crippen LogP contribution in [0.1, 0.15) is 0 Å². The number of nitrogen functional groups attached to an aromatic ring is 1. The van der Waals surface area contributed by atoms with E-state index in [0.29, 0.717) is 11.4 Å². The van der Waals surface area contributed by atoms with Crippen LogP contribution in [0.4, 0.5) is 11.5 Å². The number of morpholine rings is 1. The molecule has 2 N–H and O–H groups in total. The van der Waals surface area contributed by atoms with E-state index in [1.54, 1.807) is 13.3 Å². The molecule has 0 unspecified atom stereocenters. The van der Waals surface area contributed by atoms with Crippen molar-refractivity contribution >= 4 is 11.5 Å². The number of aromatic nitrogens is 1. The molecule has 0 amide bonds. The SMILES string of the molecule is COc1cc(N2CCOCC2)ncc1N. The monoisotopic (exact) mass is 209 g/mol. The highest BCUT2D eigenvalue weighted by Gasteiger charge is 2.13. The van der Waals surface area contributed by atoms with E-state index in [0.717, 1.165) is 32.1 Å². The van der Waals surface area contributed by atoms with E-state index in [1.165, 1.54) is 0 Å². The van der Waals surface area contributed by atoms with E-state index in [2.05, 4.69) is 9.88 Å². The molecule has 0 radical (unpaired) electrons. The van der Waals surface area contributed by atoms with Crippen LogP contribution in [0.15, 0.2) is 12.3 Å². The second kappa shape index (κ2) is 4.35. The molecule has 0 atom stereocenters. The Hall–Kier alpha value is -1.49. The van der Waals surface area contributed by atoms with Crippen LogP contribution in [-0.2, 0) is 4.74 Å². The first kappa shape index (κ1) is 10.0. The van der Waals surface area contributed by atoms with Gasteiger partial charge in [-0.15, -0.1) is 0 Å². The third-order valence-corrected chi connectivity index (χ3v) is 2.44. The highest BCUT2D eigenvalue weighted by atomic mass is 16.5. The van der Waals surface area contributed by atoms with Crippen molar-refractivity contribution in [3.63, 3.8) is 0 Å². The summed E-state index contributed by atoms with van der Waals surface area (Å²) in [5, 5.41) is 0. The van der Waals surface area contributed by atoms with Gasteiger partial charge in [-0.05, 0) is 0 Å². The summed E-state index contributed by atoms with van der Waals surface area (Å²) < 4.78 is 10.4. The smallest absolute Gasteiger partial charge is 0.147 e. The number of hydrogen-bond donors (Lipinski definition) is 1. The van der Waals surface area contributed by atoms with Crippen molar-refractivity contribution in [2.24, 2.45) is 0 Å². The summed E-state index contributed by atoms with van der Waals surface area (Å²) in [4.78, 5) is 6.43. The van der Waals surface area contributed by atoms with Gasteiger partial charge in [-0.3, -0.25) is 0 Å². The summed E-state index contributed by atoms with van der Waals surface area (Å²) in [6.45, 7) is 3.21. The zero-order valence-corrected chi connectivity index (χ0v) is 8.77. The van der Waals surface area contributed by atoms with Crippen molar-refractivity contribution in [3.05, 3.63) is 12.3 Å². The van der Waals surface area contributed by atoms with Gasteiger partial charge < -0.3 is 20.1 Å². The molecule has 0 saturated carbocycles. The first-order chi connectivity index (χ1) is 7.31. The minimum atomic E-state index is 0.564. The van der Waals surface area contributed by atoms with Gasteiger partial charge in [-0.2, -0.15) is 0 Å². The fraction of sp³-hybridized carbons (Fsp3) is 0.500. The van der Waals surface area contributed by atoms with E-state index < -0.39 is 0 Å². The molecule has 1 saturated heterocycles. The number of pyridine rings is 1. The van der Waals surface area contributed by atoms with Gasteiger partial charge in [0.2, 0.25) is 0 Å². The maximum Gasteiger partial charge on any atom is 0.147 e. The predicted octanol–water partition coefficient (Wildman–Crippen LogP) is 0.509. The molecule has 0 aromatic carbocycles. The number of ether oxygens (including phenoxy) is 2. The number of rotatable bonds is 2. The molecule has 0 aliphatic carbocycles. The number of nitrogens with two attached hydrogens (primary N) is 1. The third kappa shape index (κ3) is 2.12. The molecule has 82 valence electrons. The van der Waals surface area contributed by atoms with E-state index in [9.17, 15) is 0 Å². The van der Waals surface area contributed by atoms with Gasteiger partial charge in [-0.1, -0.05) is 0 Å².